The number of carbonyl (C=O) groups excluding carboxylic acids is 1. The summed E-state index contributed by atoms with van der Waals surface area (Å²) in [4.78, 5) is 21.2. The highest BCUT2D eigenvalue weighted by molar-refractivity contribution is 6.30. The molecule has 0 bridgehead atoms. The lowest BCUT2D eigenvalue weighted by Gasteiger charge is -2.33. The highest BCUT2D eigenvalue weighted by atomic mass is 35.5. The van der Waals surface area contributed by atoms with E-state index in [1.165, 1.54) is 0 Å². The highest BCUT2D eigenvalue weighted by Crippen LogP contribution is 2.14. The molecule has 2 heterocycles. The van der Waals surface area contributed by atoms with Crippen LogP contribution in [0.5, 0.6) is 0 Å². The summed E-state index contributed by atoms with van der Waals surface area (Å²) >= 11 is 5.87. The number of pyridine rings is 1. The predicted molar refractivity (Wildman–Crippen MR) is 101 cm³/mol. The van der Waals surface area contributed by atoms with Gasteiger partial charge in [-0.15, -0.1) is 0 Å². The number of hydrogen-bond donors (Lipinski definition) is 1. The maximum Gasteiger partial charge on any atom is 0.252 e. The highest BCUT2D eigenvalue weighted by Gasteiger charge is 2.15. The Kier molecular flexibility index (Phi) is 5.89. The van der Waals surface area contributed by atoms with Crippen LogP contribution < -0.4 is 10.2 Å². The first-order valence-corrected chi connectivity index (χ1v) is 8.92. The molecule has 3 rings (SSSR count). The van der Waals surface area contributed by atoms with Gasteiger partial charge in [-0.3, -0.25) is 4.79 Å². The van der Waals surface area contributed by atoms with E-state index in [1.807, 2.05) is 36.4 Å². The van der Waals surface area contributed by atoms with E-state index in [1.54, 1.807) is 6.20 Å². The Balaban J connectivity index is 1.49. The lowest BCUT2D eigenvalue weighted by Crippen LogP contribution is -2.44. The maximum absolute atomic E-state index is 12.2. The minimum Gasteiger partial charge on any atom is -0.354 e. The minimum absolute atomic E-state index is 0.0913. The van der Waals surface area contributed by atoms with Crippen LogP contribution >= 0.6 is 11.6 Å². The van der Waals surface area contributed by atoms with Crippen molar-refractivity contribution in [3.05, 3.63) is 58.7 Å². The van der Waals surface area contributed by atoms with E-state index >= 15 is 0 Å². The molecule has 5 nitrogen and oxygen atoms in total. The van der Waals surface area contributed by atoms with Crippen LogP contribution in [0.15, 0.2) is 42.6 Å². The minimum atomic E-state index is -0.0913. The van der Waals surface area contributed by atoms with Crippen molar-refractivity contribution in [1.29, 1.82) is 0 Å². The van der Waals surface area contributed by atoms with Gasteiger partial charge < -0.3 is 15.1 Å². The average molecular weight is 359 g/mol. The molecule has 1 aliphatic heterocycles. The zero-order valence-corrected chi connectivity index (χ0v) is 15.2. The normalized spacial score (nSPS) is 15.2. The van der Waals surface area contributed by atoms with E-state index in [0.29, 0.717) is 12.1 Å². The average Bonchev–Trinajstić information content (AvgIpc) is 2.64. The molecule has 25 heavy (non-hydrogen) atoms. The fraction of sp³-hybridized carbons (Fsp3) is 0.368. The van der Waals surface area contributed by atoms with Crippen molar-refractivity contribution in [2.24, 2.45) is 0 Å². The number of benzene rings is 1. The summed E-state index contributed by atoms with van der Waals surface area (Å²) in [5.74, 6) is 0.845. The molecule has 1 aromatic carbocycles. The number of aromatic nitrogens is 1. The smallest absolute Gasteiger partial charge is 0.252 e. The molecular weight excluding hydrogens is 336 g/mol. The number of anilines is 1. The second-order valence-electron chi connectivity index (χ2n) is 6.33. The van der Waals surface area contributed by atoms with Crippen LogP contribution in [0.1, 0.15) is 15.9 Å². The number of nitrogens with zero attached hydrogens (tertiary/aromatic N) is 3. The summed E-state index contributed by atoms with van der Waals surface area (Å²) < 4.78 is 0. The molecule has 1 aromatic heterocycles. The standard InChI is InChI=1S/C19H23ClN4O/c1-23-10-12-24(13-11-23)18-7-4-16(14-22-18)19(25)21-9-8-15-2-5-17(20)6-3-15/h2-7,14H,8-13H2,1H3,(H,21,25). The first-order valence-electron chi connectivity index (χ1n) is 8.54. The van der Waals surface area contributed by atoms with E-state index in [4.69, 9.17) is 11.6 Å². The second kappa shape index (κ2) is 8.32. The summed E-state index contributed by atoms with van der Waals surface area (Å²) in [6, 6.07) is 11.4. The molecule has 0 aliphatic carbocycles. The zero-order valence-electron chi connectivity index (χ0n) is 14.4. The van der Waals surface area contributed by atoms with Gasteiger partial charge in [0.15, 0.2) is 0 Å². The Bertz CT molecular complexity index is 694. The van der Waals surface area contributed by atoms with Crippen LogP contribution in [0.25, 0.3) is 0 Å². The number of likely N-dealkylation sites (N-methyl/N-ethyl adjacent to an activating group) is 1. The van der Waals surface area contributed by atoms with Gasteiger partial charge in [0, 0.05) is 43.9 Å². The van der Waals surface area contributed by atoms with Crippen molar-refractivity contribution in [1.82, 2.24) is 15.2 Å². The molecule has 0 spiro atoms. The molecule has 1 amide bonds. The zero-order chi connectivity index (χ0) is 17.6. The van der Waals surface area contributed by atoms with Crippen LogP contribution in [0, 0.1) is 0 Å². The summed E-state index contributed by atoms with van der Waals surface area (Å²) in [7, 11) is 2.13. The molecule has 0 atom stereocenters. The molecular formula is C19H23ClN4O. The van der Waals surface area contributed by atoms with Gasteiger partial charge in [-0.2, -0.15) is 0 Å². The van der Waals surface area contributed by atoms with E-state index in [9.17, 15) is 4.79 Å². The van der Waals surface area contributed by atoms with E-state index in [-0.39, 0.29) is 5.91 Å². The van der Waals surface area contributed by atoms with Gasteiger partial charge >= 0.3 is 0 Å². The molecule has 1 aliphatic rings. The number of hydrogen-bond acceptors (Lipinski definition) is 4. The van der Waals surface area contributed by atoms with Crippen LogP contribution in [0.4, 0.5) is 5.82 Å². The summed E-state index contributed by atoms with van der Waals surface area (Å²) in [6.07, 6.45) is 2.43. The molecule has 1 N–H and O–H groups in total. The number of amides is 1. The summed E-state index contributed by atoms with van der Waals surface area (Å²) in [5, 5.41) is 3.66. The topological polar surface area (TPSA) is 48.5 Å². The van der Waals surface area contributed by atoms with E-state index in [0.717, 1.165) is 49.0 Å². The van der Waals surface area contributed by atoms with Gasteiger partial charge in [-0.1, -0.05) is 23.7 Å². The van der Waals surface area contributed by atoms with Crippen molar-refractivity contribution in [3.63, 3.8) is 0 Å². The van der Waals surface area contributed by atoms with Crippen molar-refractivity contribution in [2.45, 2.75) is 6.42 Å². The number of nitrogens with one attached hydrogen (secondary N) is 1. The van der Waals surface area contributed by atoms with Crippen LogP contribution in [0.3, 0.4) is 0 Å². The lowest BCUT2D eigenvalue weighted by molar-refractivity contribution is 0.0954. The first kappa shape index (κ1) is 17.7. The van der Waals surface area contributed by atoms with Crippen molar-refractivity contribution in [2.75, 3.05) is 44.7 Å². The molecule has 1 fully saturated rings. The Labute approximate surface area is 153 Å². The Hall–Kier alpha value is -2.11. The summed E-state index contributed by atoms with van der Waals surface area (Å²) in [5.41, 5.74) is 1.74. The van der Waals surface area contributed by atoms with Gasteiger partial charge in [0.1, 0.15) is 5.82 Å². The predicted octanol–water partition coefficient (Wildman–Crippen LogP) is 2.46. The third-order valence-corrected chi connectivity index (χ3v) is 4.70. The fourth-order valence-corrected chi connectivity index (χ4v) is 2.94. The molecule has 0 radical (unpaired) electrons. The molecule has 6 heteroatoms. The first-order chi connectivity index (χ1) is 12.1. The van der Waals surface area contributed by atoms with Gasteiger partial charge in [-0.25, -0.2) is 4.98 Å². The SMILES string of the molecule is CN1CCN(c2ccc(C(=O)NCCc3ccc(Cl)cc3)cn2)CC1. The van der Waals surface area contributed by atoms with Crippen LogP contribution in [0.2, 0.25) is 5.02 Å². The molecule has 0 unspecified atom stereocenters. The Morgan fingerprint density at radius 3 is 2.48 bits per heavy atom. The quantitative estimate of drug-likeness (QED) is 0.892. The number of carbonyl (C=O) groups is 1. The lowest BCUT2D eigenvalue weighted by atomic mass is 10.1. The van der Waals surface area contributed by atoms with Gasteiger partial charge in [-0.05, 0) is 43.3 Å². The van der Waals surface area contributed by atoms with E-state index in [2.05, 4.69) is 27.1 Å². The summed E-state index contributed by atoms with van der Waals surface area (Å²) in [6.45, 7) is 4.59. The maximum atomic E-state index is 12.2. The van der Waals surface area contributed by atoms with Crippen molar-refractivity contribution in [3.8, 4) is 0 Å². The van der Waals surface area contributed by atoms with Crippen molar-refractivity contribution < 1.29 is 4.79 Å². The van der Waals surface area contributed by atoms with E-state index < -0.39 is 0 Å². The van der Waals surface area contributed by atoms with Gasteiger partial charge in [0.2, 0.25) is 0 Å². The number of rotatable bonds is 5. The third-order valence-electron chi connectivity index (χ3n) is 4.45. The van der Waals surface area contributed by atoms with Crippen molar-refractivity contribution >= 4 is 23.3 Å². The molecule has 0 saturated carbocycles. The molecule has 2 aromatic rings. The Morgan fingerprint density at radius 1 is 1.12 bits per heavy atom. The van der Waals surface area contributed by atoms with Gasteiger partial charge in [0.05, 0.1) is 5.56 Å². The second-order valence-corrected chi connectivity index (χ2v) is 6.76. The number of halogens is 1. The largest absolute Gasteiger partial charge is 0.354 e. The number of piperazine rings is 1. The molecule has 1 saturated heterocycles. The van der Waals surface area contributed by atoms with Gasteiger partial charge in [0.25, 0.3) is 5.91 Å². The fourth-order valence-electron chi connectivity index (χ4n) is 2.82. The Morgan fingerprint density at radius 2 is 1.84 bits per heavy atom. The molecule has 132 valence electrons. The monoisotopic (exact) mass is 358 g/mol. The van der Waals surface area contributed by atoms with Crippen LogP contribution in [-0.4, -0.2) is 55.6 Å². The van der Waals surface area contributed by atoms with Crippen LogP contribution in [-0.2, 0) is 6.42 Å². The third kappa shape index (κ3) is 4.94.